The minimum absolute atomic E-state index is 0.317. The van der Waals surface area contributed by atoms with Crippen molar-refractivity contribution in [2.75, 3.05) is 31.1 Å². The Balaban J connectivity index is 1.79. The van der Waals surface area contributed by atoms with Gasteiger partial charge in [-0.05, 0) is 48.8 Å². The third kappa shape index (κ3) is 6.04. The first-order valence-corrected chi connectivity index (χ1v) is 9.07. The summed E-state index contributed by atoms with van der Waals surface area (Å²) >= 11 is 0. The van der Waals surface area contributed by atoms with Crippen LogP contribution < -0.4 is 16.0 Å². The van der Waals surface area contributed by atoms with E-state index in [1.165, 1.54) is 5.69 Å². The lowest BCUT2D eigenvalue weighted by molar-refractivity contribution is 0.203. The number of guanidine groups is 1. The van der Waals surface area contributed by atoms with Gasteiger partial charge in [-0.3, -0.25) is 0 Å². The number of anilines is 1. The van der Waals surface area contributed by atoms with E-state index in [1.54, 1.807) is 0 Å². The SMILES string of the molecule is CC(C)CCNC(N)=NCc1ccc(N2CCC(CO)CC2)cc1. The molecule has 24 heavy (non-hydrogen) atoms. The first-order chi connectivity index (χ1) is 11.6. The maximum atomic E-state index is 9.22. The second-order valence-electron chi connectivity index (χ2n) is 7.09. The molecule has 0 bridgehead atoms. The monoisotopic (exact) mass is 332 g/mol. The van der Waals surface area contributed by atoms with E-state index in [0.29, 0.717) is 30.9 Å². The van der Waals surface area contributed by atoms with Gasteiger partial charge in [-0.15, -0.1) is 0 Å². The van der Waals surface area contributed by atoms with Crippen molar-refractivity contribution in [3.8, 4) is 0 Å². The summed E-state index contributed by atoms with van der Waals surface area (Å²) in [5, 5.41) is 12.4. The topological polar surface area (TPSA) is 73.9 Å². The lowest BCUT2D eigenvalue weighted by Crippen LogP contribution is -2.34. The van der Waals surface area contributed by atoms with E-state index in [-0.39, 0.29) is 0 Å². The van der Waals surface area contributed by atoms with E-state index in [2.05, 4.69) is 53.3 Å². The van der Waals surface area contributed by atoms with E-state index in [0.717, 1.165) is 44.5 Å². The number of hydrogen-bond acceptors (Lipinski definition) is 3. The average Bonchev–Trinajstić information content (AvgIpc) is 2.60. The van der Waals surface area contributed by atoms with Gasteiger partial charge in [-0.1, -0.05) is 26.0 Å². The van der Waals surface area contributed by atoms with E-state index in [1.807, 2.05) is 0 Å². The minimum atomic E-state index is 0.317. The van der Waals surface area contributed by atoms with Crippen LogP contribution in [0.3, 0.4) is 0 Å². The van der Waals surface area contributed by atoms with Crippen LogP contribution in [0.4, 0.5) is 5.69 Å². The van der Waals surface area contributed by atoms with E-state index < -0.39 is 0 Å². The van der Waals surface area contributed by atoms with Gasteiger partial charge >= 0.3 is 0 Å². The molecule has 0 amide bonds. The number of nitrogens with zero attached hydrogens (tertiary/aromatic N) is 2. The molecular formula is C19H32N4O. The van der Waals surface area contributed by atoms with Gasteiger partial charge in [0.15, 0.2) is 5.96 Å². The van der Waals surface area contributed by atoms with Crippen LogP contribution in [0.15, 0.2) is 29.3 Å². The second kappa shape index (κ2) is 9.52. The number of aliphatic imine (C=N–C) groups is 1. The Morgan fingerprint density at radius 3 is 2.54 bits per heavy atom. The number of hydrogen-bond donors (Lipinski definition) is 3. The zero-order valence-electron chi connectivity index (χ0n) is 15.0. The maximum Gasteiger partial charge on any atom is 0.188 e. The number of nitrogens with one attached hydrogen (secondary N) is 1. The Labute approximate surface area is 146 Å². The molecule has 5 heteroatoms. The molecule has 1 heterocycles. The van der Waals surface area contributed by atoms with Crippen LogP contribution >= 0.6 is 0 Å². The van der Waals surface area contributed by atoms with Crippen LogP contribution in [0, 0.1) is 11.8 Å². The Bertz CT molecular complexity index is 505. The zero-order valence-corrected chi connectivity index (χ0v) is 15.0. The van der Waals surface area contributed by atoms with Gasteiger partial charge in [-0.25, -0.2) is 4.99 Å². The van der Waals surface area contributed by atoms with Crippen LogP contribution in [0.5, 0.6) is 0 Å². The normalized spacial score (nSPS) is 16.7. The van der Waals surface area contributed by atoms with Gasteiger partial charge in [0.1, 0.15) is 0 Å². The molecule has 1 aromatic carbocycles. The van der Waals surface area contributed by atoms with E-state index in [9.17, 15) is 5.11 Å². The highest BCUT2D eigenvalue weighted by molar-refractivity contribution is 5.77. The van der Waals surface area contributed by atoms with Crippen molar-refractivity contribution in [2.24, 2.45) is 22.6 Å². The van der Waals surface area contributed by atoms with Gasteiger partial charge in [0, 0.05) is 31.9 Å². The average molecular weight is 332 g/mol. The molecule has 0 atom stereocenters. The first-order valence-electron chi connectivity index (χ1n) is 9.07. The maximum absolute atomic E-state index is 9.22. The van der Waals surface area contributed by atoms with Crippen LogP contribution in [0.2, 0.25) is 0 Å². The Morgan fingerprint density at radius 1 is 1.29 bits per heavy atom. The molecule has 0 radical (unpaired) electrons. The summed E-state index contributed by atoms with van der Waals surface area (Å²) in [6.07, 6.45) is 3.24. The van der Waals surface area contributed by atoms with Gasteiger partial charge in [0.25, 0.3) is 0 Å². The number of aliphatic hydroxyl groups excluding tert-OH is 1. The highest BCUT2D eigenvalue weighted by Crippen LogP contribution is 2.23. The van der Waals surface area contributed by atoms with Crippen LogP contribution in [0.25, 0.3) is 0 Å². The van der Waals surface area contributed by atoms with Crippen molar-refractivity contribution in [2.45, 2.75) is 39.7 Å². The van der Waals surface area contributed by atoms with Crippen molar-refractivity contribution in [1.82, 2.24) is 5.32 Å². The summed E-state index contributed by atoms with van der Waals surface area (Å²) < 4.78 is 0. The largest absolute Gasteiger partial charge is 0.396 e. The molecule has 0 unspecified atom stereocenters. The summed E-state index contributed by atoms with van der Waals surface area (Å²) in [5.41, 5.74) is 8.31. The van der Waals surface area contributed by atoms with Gasteiger partial charge in [-0.2, -0.15) is 0 Å². The number of nitrogens with two attached hydrogens (primary N) is 1. The number of piperidine rings is 1. The summed E-state index contributed by atoms with van der Waals surface area (Å²) in [6, 6.07) is 8.57. The molecule has 0 saturated carbocycles. The standard InChI is InChI=1S/C19H32N4O/c1-15(2)7-10-21-19(20)22-13-16-3-5-18(6-4-16)23-11-8-17(14-24)9-12-23/h3-6,15,17,24H,7-14H2,1-2H3,(H3,20,21,22). The second-order valence-corrected chi connectivity index (χ2v) is 7.09. The highest BCUT2D eigenvalue weighted by atomic mass is 16.3. The van der Waals surface area contributed by atoms with Crippen molar-refractivity contribution in [3.63, 3.8) is 0 Å². The third-order valence-corrected chi connectivity index (χ3v) is 4.63. The molecule has 2 rings (SSSR count). The predicted molar refractivity (Wildman–Crippen MR) is 101 cm³/mol. The van der Waals surface area contributed by atoms with Crippen molar-refractivity contribution in [1.29, 1.82) is 0 Å². The van der Waals surface area contributed by atoms with Crippen LogP contribution in [-0.2, 0) is 6.54 Å². The number of rotatable bonds is 7. The lowest BCUT2D eigenvalue weighted by Gasteiger charge is -2.32. The molecule has 5 nitrogen and oxygen atoms in total. The van der Waals surface area contributed by atoms with E-state index in [4.69, 9.17) is 5.73 Å². The zero-order chi connectivity index (χ0) is 17.4. The molecule has 1 aromatic rings. The fourth-order valence-corrected chi connectivity index (χ4v) is 2.91. The van der Waals surface area contributed by atoms with Crippen molar-refractivity contribution < 1.29 is 5.11 Å². The van der Waals surface area contributed by atoms with Gasteiger partial charge in [0.2, 0.25) is 0 Å². The van der Waals surface area contributed by atoms with Crippen LogP contribution in [-0.4, -0.2) is 37.3 Å². The fraction of sp³-hybridized carbons (Fsp3) is 0.632. The highest BCUT2D eigenvalue weighted by Gasteiger charge is 2.18. The Kier molecular flexibility index (Phi) is 7.37. The quantitative estimate of drug-likeness (QED) is 0.529. The Morgan fingerprint density at radius 2 is 1.96 bits per heavy atom. The molecular weight excluding hydrogens is 300 g/mol. The molecule has 0 spiro atoms. The fourth-order valence-electron chi connectivity index (χ4n) is 2.91. The Hall–Kier alpha value is -1.75. The molecule has 134 valence electrons. The summed E-state index contributed by atoms with van der Waals surface area (Å²) in [5.74, 6) is 1.66. The molecule has 1 fully saturated rings. The molecule has 0 aliphatic carbocycles. The van der Waals surface area contributed by atoms with Gasteiger partial charge < -0.3 is 21.1 Å². The smallest absolute Gasteiger partial charge is 0.188 e. The first kappa shape index (κ1) is 18.6. The minimum Gasteiger partial charge on any atom is -0.396 e. The molecule has 1 saturated heterocycles. The number of benzene rings is 1. The van der Waals surface area contributed by atoms with E-state index >= 15 is 0 Å². The van der Waals surface area contributed by atoms with Crippen molar-refractivity contribution >= 4 is 11.6 Å². The third-order valence-electron chi connectivity index (χ3n) is 4.63. The summed E-state index contributed by atoms with van der Waals surface area (Å²) in [6.45, 7) is 8.23. The molecule has 1 aliphatic rings. The van der Waals surface area contributed by atoms with Gasteiger partial charge in [0.05, 0.1) is 6.54 Å². The molecule has 1 aliphatic heterocycles. The lowest BCUT2D eigenvalue weighted by atomic mass is 9.97. The molecule has 0 aromatic heterocycles. The number of aliphatic hydroxyl groups is 1. The summed E-state index contributed by atoms with van der Waals surface area (Å²) in [7, 11) is 0. The van der Waals surface area contributed by atoms with Crippen LogP contribution in [0.1, 0.15) is 38.7 Å². The predicted octanol–water partition coefficient (Wildman–Crippen LogP) is 2.35. The van der Waals surface area contributed by atoms with Crippen molar-refractivity contribution in [3.05, 3.63) is 29.8 Å². The summed E-state index contributed by atoms with van der Waals surface area (Å²) in [4.78, 5) is 6.79. The molecule has 4 N–H and O–H groups in total.